The third kappa shape index (κ3) is 8.56. The molecule has 2 aromatic carbocycles. The number of aryl methyl sites for hydroxylation is 2. The monoisotopic (exact) mass is 469 g/mol. The molecule has 0 bridgehead atoms. The topological polar surface area (TPSA) is 78.8 Å². The van der Waals surface area contributed by atoms with E-state index < -0.39 is 5.60 Å². The minimum atomic E-state index is -0.501. The lowest BCUT2D eigenvalue weighted by atomic mass is 9.99. The number of benzene rings is 2. The lowest BCUT2D eigenvalue weighted by Gasteiger charge is -2.45. The van der Waals surface area contributed by atoms with Crippen LogP contribution in [0, 0.1) is 0 Å². The van der Waals surface area contributed by atoms with Gasteiger partial charge in [0.25, 0.3) is 0 Å². The van der Waals surface area contributed by atoms with E-state index >= 15 is 0 Å². The number of carbonyl (C=O) groups excluding carboxylic acids is 1. The Kier molecular flexibility index (Phi) is 8.84. The molecule has 3 rings (SSSR count). The van der Waals surface area contributed by atoms with Crippen LogP contribution in [0.1, 0.15) is 57.6 Å². The van der Waals surface area contributed by atoms with Crippen LogP contribution in [0.4, 0.5) is 4.79 Å². The number of carbonyl (C=O) groups is 1. The molecule has 0 radical (unpaired) electrons. The maximum atomic E-state index is 12.4. The van der Waals surface area contributed by atoms with Crippen molar-refractivity contribution in [1.82, 2.24) is 5.32 Å². The first kappa shape index (κ1) is 25.9. The number of hydrogen-bond donors (Lipinski definition) is 3. The molecule has 0 spiro atoms. The highest BCUT2D eigenvalue weighted by Crippen LogP contribution is 2.23. The number of aromatic hydroxyl groups is 2. The van der Waals surface area contributed by atoms with E-state index in [9.17, 15) is 15.0 Å². The molecule has 34 heavy (non-hydrogen) atoms. The zero-order valence-corrected chi connectivity index (χ0v) is 20.9. The van der Waals surface area contributed by atoms with E-state index in [1.165, 1.54) is 11.1 Å². The fourth-order valence-corrected chi connectivity index (χ4v) is 5.00. The van der Waals surface area contributed by atoms with Gasteiger partial charge < -0.3 is 24.7 Å². The second-order valence-corrected chi connectivity index (χ2v) is 10.7. The summed E-state index contributed by atoms with van der Waals surface area (Å²) in [4.78, 5) is 12.4. The molecule has 1 aliphatic heterocycles. The third-order valence-corrected chi connectivity index (χ3v) is 6.58. The number of ether oxygens (including phenoxy) is 1. The third-order valence-electron chi connectivity index (χ3n) is 6.58. The van der Waals surface area contributed by atoms with Crippen molar-refractivity contribution < 1.29 is 24.2 Å². The SMILES string of the molecule is CC(C)(C)OC(=O)N[C@H]1CCC[N+](CCCc2ccc(O)cc2)(CCCc2ccc(O)cc2)C1. The van der Waals surface area contributed by atoms with Crippen LogP contribution in [0.15, 0.2) is 48.5 Å². The Morgan fingerprint density at radius 3 is 1.91 bits per heavy atom. The van der Waals surface area contributed by atoms with Crippen molar-refractivity contribution in [2.75, 3.05) is 26.2 Å². The number of likely N-dealkylation sites (tertiary alicyclic amines) is 1. The number of hydrogen-bond acceptors (Lipinski definition) is 4. The first-order valence-electron chi connectivity index (χ1n) is 12.5. The van der Waals surface area contributed by atoms with Gasteiger partial charge in [-0.15, -0.1) is 0 Å². The Morgan fingerprint density at radius 2 is 1.44 bits per heavy atom. The molecule has 0 unspecified atom stereocenters. The maximum Gasteiger partial charge on any atom is 0.408 e. The van der Waals surface area contributed by atoms with Gasteiger partial charge in [0, 0.05) is 12.8 Å². The molecule has 1 amide bonds. The molecule has 1 heterocycles. The molecule has 0 saturated carbocycles. The van der Waals surface area contributed by atoms with Crippen molar-refractivity contribution >= 4 is 6.09 Å². The number of alkyl carbamates (subject to hydrolysis) is 1. The summed E-state index contributed by atoms with van der Waals surface area (Å²) in [5.41, 5.74) is 1.97. The molecule has 1 fully saturated rings. The molecule has 6 heteroatoms. The number of amides is 1. The first-order chi connectivity index (χ1) is 16.1. The number of rotatable bonds is 9. The summed E-state index contributed by atoms with van der Waals surface area (Å²) in [7, 11) is 0. The number of nitrogens with one attached hydrogen (secondary N) is 1. The largest absolute Gasteiger partial charge is 0.508 e. The normalized spacial score (nSPS) is 17.8. The van der Waals surface area contributed by atoms with E-state index in [0.717, 1.165) is 69.2 Å². The molecule has 3 N–H and O–H groups in total. The van der Waals surface area contributed by atoms with Crippen molar-refractivity contribution in [2.24, 2.45) is 0 Å². The second-order valence-electron chi connectivity index (χ2n) is 10.7. The Hall–Kier alpha value is -2.73. The number of nitrogens with zero attached hydrogens (tertiary/aromatic N) is 1. The fourth-order valence-electron chi connectivity index (χ4n) is 5.00. The summed E-state index contributed by atoms with van der Waals surface area (Å²) in [6.45, 7) is 9.83. The van der Waals surface area contributed by atoms with Gasteiger partial charge in [-0.3, -0.25) is 0 Å². The summed E-state index contributed by atoms with van der Waals surface area (Å²) in [6.07, 6.45) is 5.80. The van der Waals surface area contributed by atoms with Gasteiger partial charge >= 0.3 is 6.09 Å². The van der Waals surface area contributed by atoms with Crippen LogP contribution in [0.3, 0.4) is 0 Å². The molecule has 0 aliphatic carbocycles. The van der Waals surface area contributed by atoms with Gasteiger partial charge in [-0.2, -0.15) is 0 Å². The molecule has 6 nitrogen and oxygen atoms in total. The van der Waals surface area contributed by atoms with Crippen LogP contribution in [-0.4, -0.2) is 58.6 Å². The average molecular weight is 470 g/mol. The quantitative estimate of drug-likeness (QED) is 0.443. The summed E-state index contributed by atoms with van der Waals surface area (Å²) in [5.74, 6) is 0.599. The zero-order chi connectivity index (χ0) is 24.6. The maximum absolute atomic E-state index is 12.4. The van der Waals surface area contributed by atoms with Crippen LogP contribution >= 0.6 is 0 Å². The predicted octanol–water partition coefficient (Wildman–Crippen LogP) is 5.17. The van der Waals surface area contributed by atoms with Crippen LogP contribution < -0.4 is 5.32 Å². The van der Waals surface area contributed by atoms with E-state index in [-0.39, 0.29) is 12.1 Å². The van der Waals surface area contributed by atoms with Crippen LogP contribution in [0.5, 0.6) is 11.5 Å². The summed E-state index contributed by atoms with van der Waals surface area (Å²) in [5, 5.41) is 22.2. The van der Waals surface area contributed by atoms with E-state index in [4.69, 9.17) is 4.74 Å². The van der Waals surface area contributed by atoms with E-state index in [0.29, 0.717) is 11.5 Å². The van der Waals surface area contributed by atoms with Crippen molar-refractivity contribution in [2.45, 2.75) is 70.9 Å². The van der Waals surface area contributed by atoms with Gasteiger partial charge in [0.2, 0.25) is 0 Å². The van der Waals surface area contributed by atoms with E-state index in [1.807, 2.05) is 45.0 Å². The lowest BCUT2D eigenvalue weighted by molar-refractivity contribution is -0.933. The Morgan fingerprint density at radius 1 is 0.941 bits per heavy atom. The Bertz CT molecular complexity index is 852. The number of quaternary nitrogens is 1. The summed E-state index contributed by atoms with van der Waals surface area (Å²) >= 11 is 0. The Labute approximate surface area is 204 Å². The van der Waals surface area contributed by atoms with Gasteiger partial charge in [-0.05, 0) is 81.8 Å². The molecule has 186 valence electrons. The second kappa shape index (κ2) is 11.6. The molecular weight excluding hydrogens is 428 g/mol. The van der Waals surface area contributed by atoms with Crippen molar-refractivity contribution in [3.05, 3.63) is 59.7 Å². The summed E-state index contributed by atoms with van der Waals surface area (Å²) in [6, 6.07) is 15.1. The van der Waals surface area contributed by atoms with Gasteiger partial charge in [-0.1, -0.05) is 24.3 Å². The van der Waals surface area contributed by atoms with Gasteiger partial charge in [0.05, 0.1) is 32.2 Å². The highest BCUT2D eigenvalue weighted by atomic mass is 16.6. The average Bonchev–Trinajstić information content (AvgIpc) is 2.75. The van der Waals surface area contributed by atoms with Gasteiger partial charge in [0.1, 0.15) is 17.1 Å². The summed E-state index contributed by atoms with van der Waals surface area (Å²) < 4.78 is 6.50. The molecular formula is C28H41N2O4+. The van der Waals surface area contributed by atoms with E-state index in [2.05, 4.69) is 5.32 Å². The van der Waals surface area contributed by atoms with Gasteiger partial charge in [-0.25, -0.2) is 4.79 Å². The van der Waals surface area contributed by atoms with Crippen LogP contribution in [0.25, 0.3) is 0 Å². The minimum Gasteiger partial charge on any atom is -0.508 e. The smallest absolute Gasteiger partial charge is 0.408 e. The van der Waals surface area contributed by atoms with Gasteiger partial charge in [0.15, 0.2) is 0 Å². The van der Waals surface area contributed by atoms with Crippen molar-refractivity contribution in [1.29, 1.82) is 0 Å². The van der Waals surface area contributed by atoms with E-state index in [1.54, 1.807) is 24.3 Å². The highest BCUT2D eigenvalue weighted by molar-refractivity contribution is 5.68. The van der Waals surface area contributed by atoms with Crippen LogP contribution in [-0.2, 0) is 17.6 Å². The predicted molar refractivity (Wildman–Crippen MR) is 135 cm³/mol. The highest BCUT2D eigenvalue weighted by Gasteiger charge is 2.35. The fraction of sp³-hybridized carbons (Fsp3) is 0.536. The number of phenolic OH excluding ortho intramolecular Hbond substituents is 2. The van der Waals surface area contributed by atoms with Crippen LogP contribution in [0.2, 0.25) is 0 Å². The molecule has 2 aromatic rings. The Balaban J connectivity index is 1.62. The van der Waals surface area contributed by atoms with Crippen molar-refractivity contribution in [3.8, 4) is 11.5 Å². The first-order valence-corrected chi connectivity index (χ1v) is 12.5. The molecule has 1 aliphatic rings. The zero-order valence-electron chi connectivity index (χ0n) is 20.9. The molecule has 1 saturated heterocycles. The molecule has 1 atom stereocenters. The minimum absolute atomic E-state index is 0.117. The number of piperidine rings is 1. The standard InChI is InChI=1S/C28H40N2O4/c1-28(2,3)34-27(33)29-24-9-6-20-30(21-24,18-4-7-22-10-14-25(31)15-11-22)19-5-8-23-12-16-26(32)17-13-23/h10-17,24H,4-9,18-21H2,1-3H3,(H2-,29,31,32,33)/p+1/t24-/m0/s1. The molecule has 0 aromatic heterocycles. The number of phenols is 2. The van der Waals surface area contributed by atoms with Crippen molar-refractivity contribution in [3.63, 3.8) is 0 Å². The lowest BCUT2D eigenvalue weighted by Crippen LogP contribution is -2.60.